The van der Waals surface area contributed by atoms with Crippen molar-refractivity contribution in [3.05, 3.63) is 12.8 Å². The van der Waals surface area contributed by atoms with Crippen LogP contribution in [0, 0.1) is 0 Å². The van der Waals surface area contributed by atoms with E-state index in [1.165, 1.54) is 0 Å². The van der Waals surface area contributed by atoms with Crippen molar-refractivity contribution < 1.29 is 9.53 Å². The molecule has 0 spiro atoms. The third-order valence-electron chi connectivity index (χ3n) is 1.40. The average molecular weight is 171 g/mol. The molecular formula is C9H17NO2. The van der Waals surface area contributed by atoms with E-state index in [9.17, 15) is 4.79 Å². The van der Waals surface area contributed by atoms with Crippen molar-refractivity contribution >= 4 is 5.97 Å². The zero-order valence-corrected chi connectivity index (χ0v) is 7.64. The van der Waals surface area contributed by atoms with Gasteiger partial charge in [-0.05, 0) is 26.0 Å². The summed E-state index contributed by atoms with van der Waals surface area (Å²) in [5.41, 5.74) is 0. The predicted octanol–water partition coefficient (Wildman–Crippen LogP) is 1.45. The van der Waals surface area contributed by atoms with Gasteiger partial charge in [0.15, 0.2) is 0 Å². The standard InChI is InChI=1S/C9H17NO2/c1-3-10-8-6-5-7-9(11)12-4-2/h3,10H,1,4-8H2,2H3. The van der Waals surface area contributed by atoms with Gasteiger partial charge in [0.05, 0.1) is 6.61 Å². The van der Waals surface area contributed by atoms with Crippen molar-refractivity contribution in [2.45, 2.75) is 26.2 Å². The number of hydrogen-bond donors (Lipinski definition) is 1. The maximum absolute atomic E-state index is 10.8. The Morgan fingerprint density at radius 1 is 1.58 bits per heavy atom. The number of carbonyl (C=O) groups excluding carboxylic acids is 1. The summed E-state index contributed by atoms with van der Waals surface area (Å²) in [5, 5.41) is 2.97. The van der Waals surface area contributed by atoms with Gasteiger partial charge in [0.2, 0.25) is 0 Å². The molecule has 0 aromatic carbocycles. The summed E-state index contributed by atoms with van der Waals surface area (Å²) in [5.74, 6) is -0.101. The lowest BCUT2D eigenvalue weighted by Gasteiger charge is -2.01. The molecule has 0 saturated heterocycles. The van der Waals surface area contributed by atoms with Crippen molar-refractivity contribution in [2.75, 3.05) is 13.2 Å². The lowest BCUT2D eigenvalue weighted by molar-refractivity contribution is -0.143. The smallest absolute Gasteiger partial charge is 0.305 e. The Morgan fingerprint density at radius 3 is 2.92 bits per heavy atom. The summed E-state index contributed by atoms with van der Waals surface area (Å²) in [6, 6.07) is 0. The second kappa shape index (κ2) is 8.11. The van der Waals surface area contributed by atoms with E-state index < -0.39 is 0 Å². The van der Waals surface area contributed by atoms with Crippen molar-refractivity contribution in [2.24, 2.45) is 0 Å². The van der Waals surface area contributed by atoms with Gasteiger partial charge in [0.1, 0.15) is 0 Å². The summed E-state index contributed by atoms with van der Waals surface area (Å²) in [6.07, 6.45) is 4.03. The van der Waals surface area contributed by atoms with Crippen LogP contribution >= 0.6 is 0 Å². The lowest BCUT2D eigenvalue weighted by atomic mass is 10.2. The monoisotopic (exact) mass is 171 g/mol. The highest BCUT2D eigenvalue weighted by Crippen LogP contribution is 1.96. The molecule has 0 unspecified atom stereocenters. The highest BCUT2D eigenvalue weighted by molar-refractivity contribution is 5.69. The third-order valence-corrected chi connectivity index (χ3v) is 1.40. The van der Waals surface area contributed by atoms with Crippen LogP contribution in [0.1, 0.15) is 26.2 Å². The minimum atomic E-state index is -0.101. The molecular weight excluding hydrogens is 154 g/mol. The fourth-order valence-corrected chi connectivity index (χ4v) is 0.832. The molecule has 0 heterocycles. The molecule has 1 N–H and O–H groups in total. The minimum absolute atomic E-state index is 0.101. The first-order valence-corrected chi connectivity index (χ1v) is 4.31. The second-order valence-corrected chi connectivity index (χ2v) is 2.42. The number of hydrogen-bond acceptors (Lipinski definition) is 3. The lowest BCUT2D eigenvalue weighted by Crippen LogP contribution is -2.08. The molecule has 3 nitrogen and oxygen atoms in total. The Bertz CT molecular complexity index is 134. The third kappa shape index (κ3) is 7.12. The van der Waals surface area contributed by atoms with Crippen LogP contribution in [-0.2, 0) is 9.53 Å². The summed E-state index contributed by atoms with van der Waals surface area (Å²) < 4.78 is 4.77. The zero-order chi connectivity index (χ0) is 9.23. The van der Waals surface area contributed by atoms with E-state index in [0.29, 0.717) is 13.0 Å². The Balaban J connectivity index is 3.08. The summed E-state index contributed by atoms with van der Waals surface area (Å²) in [6.45, 7) is 6.69. The van der Waals surface area contributed by atoms with Gasteiger partial charge in [-0.3, -0.25) is 4.79 Å². The van der Waals surface area contributed by atoms with Gasteiger partial charge in [0.25, 0.3) is 0 Å². The van der Waals surface area contributed by atoms with Crippen LogP contribution in [-0.4, -0.2) is 19.1 Å². The van der Waals surface area contributed by atoms with Crippen molar-refractivity contribution in [3.63, 3.8) is 0 Å². The zero-order valence-electron chi connectivity index (χ0n) is 7.64. The molecule has 3 heteroatoms. The number of nitrogens with one attached hydrogen (secondary N) is 1. The number of rotatable bonds is 7. The molecule has 0 amide bonds. The Kier molecular flexibility index (Phi) is 7.44. The van der Waals surface area contributed by atoms with Gasteiger partial charge in [-0.15, -0.1) is 0 Å². The molecule has 0 aliphatic heterocycles. The minimum Gasteiger partial charge on any atom is -0.466 e. The normalized spacial score (nSPS) is 9.08. The Hall–Kier alpha value is -0.990. The first-order valence-electron chi connectivity index (χ1n) is 4.31. The molecule has 0 saturated carbocycles. The maximum atomic E-state index is 10.8. The maximum Gasteiger partial charge on any atom is 0.305 e. The molecule has 0 aliphatic rings. The quantitative estimate of drug-likeness (QED) is 0.465. The van der Waals surface area contributed by atoms with Gasteiger partial charge in [-0.25, -0.2) is 0 Å². The van der Waals surface area contributed by atoms with E-state index in [0.717, 1.165) is 19.4 Å². The van der Waals surface area contributed by atoms with Crippen LogP contribution in [0.4, 0.5) is 0 Å². The van der Waals surface area contributed by atoms with Crippen LogP contribution in [0.2, 0.25) is 0 Å². The molecule has 0 aliphatic carbocycles. The first-order chi connectivity index (χ1) is 5.81. The van der Waals surface area contributed by atoms with Gasteiger partial charge < -0.3 is 10.1 Å². The topological polar surface area (TPSA) is 38.3 Å². The molecule has 0 aromatic heterocycles. The van der Waals surface area contributed by atoms with Crippen LogP contribution in [0.5, 0.6) is 0 Å². The first kappa shape index (κ1) is 11.0. The SMILES string of the molecule is C=CNCCCCC(=O)OCC. The molecule has 70 valence electrons. The number of carbonyl (C=O) groups is 1. The molecule has 0 aromatic rings. The van der Waals surface area contributed by atoms with Gasteiger partial charge in [-0.1, -0.05) is 6.58 Å². The number of esters is 1. The molecule has 12 heavy (non-hydrogen) atoms. The van der Waals surface area contributed by atoms with Gasteiger partial charge in [-0.2, -0.15) is 0 Å². The van der Waals surface area contributed by atoms with E-state index in [4.69, 9.17) is 4.74 Å². The fraction of sp³-hybridized carbons (Fsp3) is 0.667. The van der Waals surface area contributed by atoms with Crippen molar-refractivity contribution in [1.82, 2.24) is 5.32 Å². The molecule has 0 atom stereocenters. The molecule has 0 fully saturated rings. The summed E-state index contributed by atoms with van der Waals surface area (Å²) in [4.78, 5) is 10.8. The highest BCUT2D eigenvalue weighted by Gasteiger charge is 1.99. The highest BCUT2D eigenvalue weighted by atomic mass is 16.5. The Morgan fingerprint density at radius 2 is 2.33 bits per heavy atom. The van der Waals surface area contributed by atoms with E-state index in [2.05, 4.69) is 11.9 Å². The van der Waals surface area contributed by atoms with Crippen LogP contribution in [0.3, 0.4) is 0 Å². The number of unbranched alkanes of at least 4 members (excludes halogenated alkanes) is 1. The van der Waals surface area contributed by atoms with E-state index in [-0.39, 0.29) is 5.97 Å². The summed E-state index contributed by atoms with van der Waals surface area (Å²) in [7, 11) is 0. The Labute approximate surface area is 73.8 Å². The van der Waals surface area contributed by atoms with Crippen molar-refractivity contribution in [3.8, 4) is 0 Å². The largest absolute Gasteiger partial charge is 0.466 e. The summed E-state index contributed by atoms with van der Waals surface area (Å²) >= 11 is 0. The van der Waals surface area contributed by atoms with E-state index in [1.807, 2.05) is 6.92 Å². The number of ether oxygens (including phenoxy) is 1. The fourth-order valence-electron chi connectivity index (χ4n) is 0.832. The van der Waals surface area contributed by atoms with E-state index >= 15 is 0 Å². The van der Waals surface area contributed by atoms with Crippen LogP contribution in [0.15, 0.2) is 12.8 Å². The molecule has 0 rings (SSSR count). The van der Waals surface area contributed by atoms with Gasteiger partial charge in [0, 0.05) is 13.0 Å². The molecule has 0 radical (unpaired) electrons. The predicted molar refractivity (Wildman–Crippen MR) is 48.7 cm³/mol. The molecule has 0 bridgehead atoms. The average Bonchev–Trinajstić information content (AvgIpc) is 2.05. The van der Waals surface area contributed by atoms with Crippen molar-refractivity contribution in [1.29, 1.82) is 0 Å². The van der Waals surface area contributed by atoms with Gasteiger partial charge >= 0.3 is 5.97 Å². The second-order valence-electron chi connectivity index (χ2n) is 2.42. The van der Waals surface area contributed by atoms with Crippen LogP contribution in [0.25, 0.3) is 0 Å². The van der Waals surface area contributed by atoms with E-state index in [1.54, 1.807) is 6.20 Å². The van der Waals surface area contributed by atoms with Crippen LogP contribution < -0.4 is 5.32 Å².